The zero-order chi connectivity index (χ0) is 22.5. The first kappa shape index (κ1) is 22.3. The minimum Gasteiger partial charge on any atom is -0.381 e. The first-order valence-corrected chi connectivity index (χ1v) is 11.7. The molecule has 170 valence electrons. The topological polar surface area (TPSA) is 81.1 Å². The van der Waals surface area contributed by atoms with Crippen LogP contribution in [0.3, 0.4) is 0 Å². The first-order valence-electron chi connectivity index (χ1n) is 11.7. The van der Waals surface area contributed by atoms with E-state index in [4.69, 9.17) is 4.74 Å². The van der Waals surface area contributed by atoms with Gasteiger partial charge in [0.2, 0.25) is 0 Å². The molecule has 32 heavy (non-hydrogen) atoms. The second-order valence-corrected chi connectivity index (χ2v) is 8.32. The lowest BCUT2D eigenvalue weighted by Gasteiger charge is -2.25. The Kier molecular flexibility index (Phi) is 7.05. The van der Waals surface area contributed by atoms with Crippen LogP contribution >= 0.6 is 0 Å². The molecule has 1 fully saturated rings. The number of carbonyl (C=O) groups is 1. The predicted octanol–water partition coefficient (Wildman–Crippen LogP) is 4.10. The maximum atomic E-state index is 13.3. The number of hydrogen-bond donors (Lipinski definition) is 2. The van der Waals surface area contributed by atoms with Crippen LogP contribution in [0.2, 0.25) is 0 Å². The largest absolute Gasteiger partial charge is 0.381 e. The highest BCUT2D eigenvalue weighted by molar-refractivity contribution is 6.06. The van der Waals surface area contributed by atoms with E-state index in [-0.39, 0.29) is 11.9 Å². The Morgan fingerprint density at radius 1 is 1.06 bits per heavy atom. The summed E-state index contributed by atoms with van der Waals surface area (Å²) >= 11 is 0. The van der Waals surface area contributed by atoms with Gasteiger partial charge in [-0.1, -0.05) is 32.0 Å². The molecule has 2 aromatic heterocycles. The number of nitrogens with one attached hydrogen (secondary N) is 2. The van der Waals surface area contributed by atoms with E-state index in [1.165, 1.54) is 11.1 Å². The van der Waals surface area contributed by atoms with Gasteiger partial charge in [0.25, 0.3) is 5.91 Å². The summed E-state index contributed by atoms with van der Waals surface area (Å²) in [5, 5.41) is 12.1. The highest BCUT2D eigenvalue weighted by atomic mass is 16.5. The number of amides is 1. The molecule has 1 aromatic carbocycles. The lowest BCUT2D eigenvalue weighted by Crippen LogP contribution is -2.30. The third-order valence-corrected chi connectivity index (χ3v) is 6.16. The summed E-state index contributed by atoms with van der Waals surface area (Å²) in [4.78, 5) is 17.8. The smallest absolute Gasteiger partial charge is 0.255 e. The number of aryl methyl sites for hydroxylation is 3. The zero-order valence-corrected chi connectivity index (χ0v) is 19.3. The molecule has 0 spiro atoms. The third kappa shape index (κ3) is 4.78. The van der Waals surface area contributed by atoms with Crippen LogP contribution in [-0.2, 0) is 30.7 Å². The maximum Gasteiger partial charge on any atom is 0.255 e. The molecule has 1 aliphatic heterocycles. The molecular formula is C25H33N5O2. The van der Waals surface area contributed by atoms with Crippen molar-refractivity contribution in [1.29, 1.82) is 0 Å². The van der Waals surface area contributed by atoms with Crippen molar-refractivity contribution in [3.8, 4) is 0 Å². The Morgan fingerprint density at radius 3 is 2.41 bits per heavy atom. The van der Waals surface area contributed by atoms with Gasteiger partial charge < -0.3 is 15.4 Å². The van der Waals surface area contributed by atoms with Crippen LogP contribution in [0.15, 0.2) is 30.6 Å². The van der Waals surface area contributed by atoms with Gasteiger partial charge in [0.05, 0.1) is 22.8 Å². The summed E-state index contributed by atoms with van der Waals surface area (Å²) in [5.74, 6) is -0.127. The average molecular weight is 436 g/mol. The number of ether oxygens (including phenoxy) is 1. The number of pyridine rings is 1. The number of benzene rings is 1. The van der Waals surface area contributed by atoms with Crippen molar-refractivity contribution in [3.63, 3.8) is 0 Å². The SMILES string of the molecule is CCc1cc(CC)cc(CNC(=O)c2cnc3c(cnn3CC)c2NC2CCOCC2)c1. The third-order valence-electron chi connectivity index (χ3n) is 6.16. The van der Waals surface area contributed by atoms with Crippen LogP contribution in [0.5, 0.6) is 0 Å². The minimum atomic E-state index is -0.127. The van der Waals surface area contributed by atoms with Crippen LogP contribution in [0.1, 0.15) is 60.7 Å². The van der Waals surface area contributed by atoms with Gasteiger partial charge in [-0.2, -0.15) is 5.10 Å². The van der Waals surface area contributed by atoms with Gasteiger partial charge in [0.1, 0.15) is 0 Å². The van der Waals surface area contributed by atoms with Gasteiger partial charge in [-0.05, 0) is 49.3 Å². The second kappa shape index (κ2) is 10.1. The fourth-order valence-corrected chi connectivity index (χ4v) is 4.26. The molecule has 0 atom stereocenters. The molecule has 0 bridgehead atoms. The van der Waals surface area contributed by atoms with E-state index in [1.807, 2.05) is 17.8 Å². The summed E-state index contributed by atoms with van der Waals surface area (Å²) in [6.07, 6.45) is 7.27. The van der Waals surface area contributed by atoms with E-state index in [0.29, 0.717) is 12.1 Å². The Morgan fingerprint density at radius 2 is 1.75 bits per heavy atom. The standard InChI is InChI=1S/C25H33N5O2/c1-4-17-11-18(5-2)13-19(12-17)14-27-25(31)22-15-26-24-21(16-28-30(24)6-3)23(22)29-20-7-9-32-10-8-20/h11-13,15-16,20H,4-10,14H2,1-3H3,(H,26,29)(H,27,31). The number of carbonyl (C=O) groups excluding carboxylic acids is 1. The number of anilines is 1. The van der Waals surface area contributed by atoms with E-state index >= 15 is 0 Å². The number of fused-ring (bicyclic) bond motifs is 1. The number of aromatic nitrogens is 3. The molecule has 0 aliphatic carbocycles. The van der Waals surface area contributed by atoms with Crippen LogP contribution < -0.4 is 10.6 Å². The quantitative estimate of drug-likeness (QED) is 0.557. The molecule has 3 aromatic rings. The van der Waals surface area contributed by atoms with Crippen LogP contribution in [0.25, 0.3) is 11.0 Å². The van der Waals surface area contributed by atoms with Crippen molar-refractivity contribution >= 4 is 22.6 Å². The molecule has 0 unspecified atom stereocenters. The second-order valence-electron chi connectivity index (χ2n) is 8.32. The van der Waals surface area contributed by atoms with Gasteiger partial charge in [0.15, 0.2) is 5.65 Å². The van der Waals surface area contributed by atoms with Crippen LogP contribution in [-0.4, -0.2) is 39.9 Å². The molecule has 7 heteroatoms. The molecule has 1 saturated heterocycles. The maximum absolute atomic E-state index is 13.3. The molecule has 1 aliphatic rings. The van der Waals surface area contributed by atoms with Gasteiger partial charge in [0, 0.05) is 38.5 Å². The number of rotatable bonds is 8. The Balaban J connectivity index is 1.61. The monoisotopic (exact) mass is 435 g/mol. The Hall–Kier alpha value is -2.93. The molecule has 3 heterocycles. The summed E-state index contributed by atoms with van der Waals surface area (Å²) in [6, 6.07) is 6.85. The molecule has 0 saturated carbocycles. The number of nitrogens with zero attached hydrogens (tertiary/aromatic N) is 3. The van der Waals surface area contributed by atoms with Crippen LogP contribution in [0, 0.1) is 0 Å². The summed E-state index contributed by atoms with van der Waals surface area (Å²) < 4.78 is 7.36. The summed E-state index contributed by atoms with van der Waals surface area (Å²) in [7, 11) is 0. The van der Waals surface area contributed by atoms with Crippen molar-refractivity contribution in [2.45, 2.75) is 65.6 Å². The van der Waals surface area contributed by atoms with Gasteiger partial charge >= 0.3 is 0 Å². The average Bonchev–Trinajstić information content (AvgIpc) is 3.26. The van der Waals surface area contributed by atoms with Crippen molar-refractivity contribution in [1.82, 2.24) is 20.1 Å². The van der Waals surface area contributed by atoms with E-state index < -0.39 is 0 Å². The van der Waals surface area contributed by atoms with Gasteiger partial charge in [-0.15, -0.1) is 0 Å². The van der Waals surface area contributed by atoms with Crippen molar-refractivity contribution < 1.29 is 9.53 Å². The lowest BCUT2D eigenvalue weighted by atomic mass is 10.0. The zero-order valence-electron chi connectivity index (χ0n) is 19.3. The molecule has 1 amide bonds. The molecule has 7 nitrogen and oxygen atoms in total. The molecule has 4 rings (SSSR count). The lowest BCUT2D eigenvalue weighted by molar-refractivity contribution is 0.0904. The summed E-state index contributed by atoms with van der Waals surface area (Å²) in [5.41, 5.74) is 5.89. The predicted molar refractivity (Wildman–Crippen MR) is 127 cm³/mol. The van der Waals surface area contributed by atoms with Gasteiger partial charge in [-0.25, -0.2) is 9.67 Å². The number of hydrogen-bond acceptors (Lipinski definition) is 5. The Labute approximate surface area is 189 Å². The highest BCUT2D eigenvalue weighted by Crippen LogP contribution is 2.28. The van der Waals surface area contributed by atoms with E-state index in [0.717, 1.165) is 67.7 Å². The molecule has 0 radical (unpaired) electrons. The van der Waals surface area contributed by atoms with Crippen molar-refractivity contribution in [2.75, 3.05) is 18.5 Å². The van der Waals surface area contributed by atoms with Crippen molar-refractivity contribution in [2.24, 2.45) is 0 Å². The molecule has 2 N–H and O–H groups in total. The first-order chi connectivity index (χ1) is 15.6. The summed E-state index contributed by atoms with van der Waals surface area (Å²) in [6.45, 7) is 9.03. The van der Waals surface area contributed by atoms with E-state index in [9.17, 15) is 4.79 Å². The van der Waals surface area contributed by atoms with Crippen molar-refractivity contribution in [3.05, 3.63) is 52.8 Å². The molecular weight excluding hydrogens is 402 g/mol. The van der Waals surface area contributed by atoms with Crippen LogP contribution in [0.4, 0.5) is 5.69 Å². The minimum absolute atomic E-state index is 0.127. The Bertz CT molecular complexity index is 1060. The highest BCUT2D eigenvalue weighted by Gasteiger charge is 2.22. The fraction of sp³-hybridized carbons (Fsp3) is 0.480. The normalized spacial score (nSPS) is 14.6. The van der Waals surface area contributed by atoms with E-state index in [1.54, 1.807) is 6.20 Å². The van der Waals surface area contributed by atoms with E-state index in [2.05, 4.69) is 52.8 Å². The fourth-order valence-electron chi connectivity index (χ4n) is 4.26. The van der Waals surface area contributed by atoms with Gasteiger partial charge in [-0.3, -0.25) is 4.79 Å².